The molecule has 0 heterocycles. The summed E-state index contributed by atoms with van der Waals surface area (Å²) in [7, 11) is 0. The molecule has 1 rings (SSSR count). The number of ether oxygens (including phenoxy) is 1. The highest BCUT2D eigenvalue weighted by Crippen LogP contribution is 2.32. The summed E-state index contributed by atoms with van der Waals surface area (Å²) in [6, 6.07) is 0. The van der Waals surface area contributed by atoms with Crippen LogP contribution in [-0.2, 0) is 9.53 Å². The summed E-state index contributed by atoms with van der Waals surface area (Å²) in [4.78, 5) is 11.3. The smallest absolute Gasteiger partial charge is 0.330 e. The van der Waals surface area contributed by atoms with Crippen molar-refractivity contribution in [2.24, 2.45) is 5.73 Å². The van der Waals surface area contributed by atoms with Crippen LogP contribution in [0.3, 0.4) is 0 Å². The van der Waals surface area contributed by atoms with Crippen molar-refractivity contribution in [1.29, 1.82) is 0 Å². The minimum Gasteiger partial charge on any atom is -0.457 e. The summed E-state index contributed by atoms with van der Waals surface area (Å²) in [5, 5.41) is 0. The molecule has 0 spiro atoms. The zero-order valence-corrected chi connectivity index (χ0v) is 9.88. The first-order valence-electron chi connectivity index (χ1n) is 5.49. The minimum atomic E-state index is -0.418. The van der Waals surface area contributed by atoms with Gasteiger partial charge < -0.3 is 10.5 Å². The van der Waals surface area contributed by atoms with Gasteiger partial charge in [-0.05, 0) is 46.5 Å². The average Bonchev–Trinajstić information content (AvgIpc) is 1.97. The third-order valence-corrected chi connectivity index (χ3v) is 2.53. The molecule has 0 aromatic heterocycles. The number of carbonyl (C=O) groups excluding carboxylic acids is 1. The maximum Gasteiger partial charge on any atom is 0.330 e. The number of nitrogens with two attached hydrogens (primary N) is 1. The Morgan fingerprint density at radius 1 is 1.47 bits per heavy atom. The molecule has 86 valence electrons. The van der Waals surface area contributed by atoms with Crippen molar-refractivity contribution in [2.45, 2.75) is 57.6 Å². The molecule has 3 heteroatoms. The molecule has 0 bridgehead atoms. The highest BCUT2D eigenvalue weighted by Gasteiger charge is 2.30. The molecule has 0 atom stereocenters. The quantitative estimate of drug-likeness (QED) is 0.575. The Bertz CT molecular complexity index is 259. The van der Waals surface area contributed by atoms with Crippen LogP contribution in [0.1, 0.15) is 46.5 Å². The fourth-order valence-corrected chi connectivity index (χ4v) is 1.56. The number of hydrogen-bond donors (Lipinski definition) is 1. The van der Waals surface area contributed by atoms with E-state index in [-0.39, 0.29) is 11.5 Å². The minimum absolute atomic E-state index is 0.0570. The molecular weight excluding hydrogens is 190 g/mol. The Morgan fingerprint density at radius 2 is 2.07 bits per heavy atom. The van der Waals surface area contributed by atoms with Crippen molar-refractivity contribution >= 4 is 5.97 Å². The van der Waals surface area contributed by atoms with Crippen LogP contribution < -0.4 is 5.73 Å². The molecule has 1 aliphatic rings. The predicted octanol–water partition coefficient (Wildman–Crippen LogP) is 2.16. The van der Waals surface area contributed by atoms with Crippen LogP contribution >= 0.6 is 0 Å². The molecule has 2 N–H and O–H groups in total. The largest absolute Gasteiger partial charge is 0.457 e. The first-order chi connectivity index (χ1) is 6.81. The van der Waals surface area contributed by atoms with Gasteiger partial charge in [-0.15, -0.1) is 0 Å². The molecule has 0 aliphatic heterocycles. The van der Waals surface area contributed by atoms with Gasteiger partial charge in [0.05, 0.1) is 0 Å². The molecule has 1 aliphatic carbocycles. The third-order valence-electron chi connectivity index (χ3n) is 2.53. The van der Waals surface area contributed by atoms with Crippen LogP contribution in [0.5, 0.6) is 0 Å². The summed E-state index contributed by atoms with van der Waals surface area (Å²) in [5.74, 6) is -0.287. The highest BCUT2D eigenvalue weighted by molar-refractivity contribution is 5.82. The lowest BCUT2D eigenvalue weighted by molar-refractivity contribution is -0.148. The van der Waals surface area contributed by atoms with Crippen molar-refractivity contribution in [2.75, 3.05) is 0 Å². The molecule has 0 saturated heterocycles. The molecule has 0 unspecified atom stereocenters. The fraction of sp³-hybridized carbons (Fsp3) is 0.750. The summed E-state index contributed by atoms with van der Waals surface area (Å²) in [5.41, 5.74) is 5.54. The number of hydrogen-bond acceptors (Lipinski definition) is 3. The lowest BCUT2D eigenvalue weighted by atomic mass is 9.75. The van der Waals surface area contributed by atoms with E-state index in [1.807, 2.05) is 26.8 Å². The van der Waals surface area contributed by atoms with E-state index in [1.54, 1.807) is 0 Å². The second kappa shape index (κ2) is 4.35. The second-order valence-corrected chi connectivity index (χ2v) is 5.36. The van der Waals surface area contributed by atoms with Crippen LogP contribution in [0.2, 0.25) is 0 Å². The zero-order chi connectivity index (χ0) is 11.5. The number of carbonyl (C=O) groups is 1. The van der Waals surface area contributed by atoms with E-state index in [9.17, 15) is 4.79 Å². The monoisotopic (exact) mass is 211 g/mol. The Hall–Kier alpha value is -0.830. The summed E-state index contributed by atoms with van der Waals surface area (Å²) < 4.78 is 5.14. The molecule has 15 heavy (non-hydrogen) atoms. The van der Waals surface area contributed by atoms with Gasteiger partial charge in [0.2, 0.25) is 0 Å². The van der Waals surface area contributed by atoms with E-state index >= 15 is 0 Å². The number of rotatable bonds is 3. The van der Waals surface area contributed by atoms with Gasteiger partial charge in [-0.3, -0.25) is 0 Å². The van der Waals surface area contributed by atoms with Gasteiger partial charge in [0.15, 0.2) is 0 Å². The van der Waals surface area contributed by atoms with Crippen LogP contribution in [0.25, 0.3) is 0 Å². The summed E-state index contributed by atoms with van der Waals surface area (Å²) >= 11 is 0. The van der Waals surface area contributed by atoms with Gasteiger partial charge >= 0.3 is 5.97 Å². The third kappa shape index (κ3) is 4.47. The second-order valence-electron chi connectivity index (χ2n) is 5.36. The molecule has 1 saturated carbocycles. The molecule has 0 aromatic carbocycles. The first kappa shape index (κ1) is 12.2. The van der Waals surface area contributed by atoms with Crippen molar-refractivity contribution in [1.82, 2.24) is 0 Å². The van der Waals surface area contributed by atoms with E-state index in [0.717, 1.165) is 19.3 Å². The Balaban J connectivity index is 2.28. The molecule has 1 fully saturated rings. The molecular formula is C12H21NO2. The number of esters is 1. The molecule has 0 aromatic rings. The van der Waals surface area contributed by atoms with Gasteiger partial charge in [0.1, 0.15) is 5.60 Å². The summed E-state index contributed by atoms with van der Waals surface area (Å²) in [6.45, 7) is 5.57. The normalized spacial score (nSPS) is 20.0. The predicted molar refractivity (Wildman–Crippen MR) is 60.4 cm³/mol. The van der Waals surface area contributed by atoms with Gasteiger partial charge in [-0.2, -0.15) is 0 Å². The molecule has 3 nitrogen and oxygen atoms in total. The van der Waals surface area contributed by atoms with Gasteiger partial charge in [0, 0.05) is 11.6 Å². The lowest BCUT2D eigenvalue weighted by Crippen LogP contribution is -2.45. The topological polar surface area (TPSA) is 52.3 Å². The molecule has 0 amide bonds. The van der Waals surface area contributed by atoms with E-state index in [4.69, 9.17) is 10.5 Å². The van der Waals surface area contributed by atoms with Crippen LogP contribution in [0, 0.1) is 0 Å². The average molecular weight is 211 g/mol. The van der Waals surface area contributed by atoms with Gasteiger partial charge in [-0.25, -0.2) is 4.79 Å². The maximum absolute atomic E-state index is 11.3. The SMILES string of the molecule is CC(C)(C)OC(=O)/C=C/CC1(N)CCC1. The Kier molecular flexibility index (Phi) is 3.55. The van der Waals surface area contributed by atoms with Crippen molar-refractivity contribution in [3.63, 3.8) is 0 Å². The highest BCUT2D eigenvalue weighted by atomic mass is 16.6. The first-order valence-corrected chi connectivity index (χ1v) is 5.49. The van der Waals surface area contributed by atoms with E-state index in [2.05, 4.69) is 0 Å². The summed E-state index contributed by atoms with van der Waals surface area (Å²) in [6.07, 6.45) is 7.41. The van der Waals surface area contributed by atoms with Crippen LogP contribution in [0.15, 0.2) is 12.2 Å². The van der Waals surface area contributed by atoms with Crippen molar-refractivity contribution in [3.05, 3.63) is 12.2 Å². The van der Waals surface area contributed by atoms with Gasteiger partial charge in [0.25, 0.3) is 0 Å². The van der Waals surface area contributed by atoms with Crippen LogP contribution in [0.4, 0.5) is 0 Å². The zero-order valence-electron chi connectivity index (χ0n) is 9.88. The van der Waals surface area contributed by atoms with E-state index < -0.39 is 5.60 Å². The lowest BCUT2D eigenvalue weighted by Gasteiger charge is -2.37. The molecule has 0 radical (unpaired) electrons. The van der Waals surface area contributed by atoms with E-state index in [0.29, 0.717) is 0 Å². The van der Waals surface area contributed by atoms with Gasteiger partial charge in [-0.1, -0.05) is 6.08 Å². The van der Waals surface area contributed by atoms with Crippen molar-refractivity contribution < 1.29 is 9.53 Å². The van der Waals surface area contributed by atoms with Crippen molar-refractivity contribution in [3.8, 4) is 0 Å². The Labute approximate surface area is 91.7 Å². The standard InChI is InChI=1S/C12H21NO2/c1-11(2,3)15-10(14)6-4-7-12(13)8-5-9-12/h4,6H,5,7-9,13H2,1-3H3/b6-4+. The van der Waals surface area contributed by atoms with E-state index in [1.165, 1.54) is 12.5 Å². The fourth-order valence-electron chi connectivity index (χ4n) is 1.56. The van der Waals surface area contributed by atoms with Crippen LogP contribution in [-0.4, -0.2) is 17.1 Å². The Morgan fingerprint density at radius 3 is 2.47 bits per heavy atom. The maximum atomic E-state index is 11.3.